The van der Waals surface area contributed by atoms with Crippen molar-refractivity contribution in [3.8, 4) is 0 Å². The average Bonchev–Trinajstić information content (AvgIpc) is 2.99. The molecule has 28 heavy (non-hydrogen) atoms. The van der Waals surface area contributed by atoms with Gasteiger partial charge in [-0.1, -0.05) is 12.1 Å². The van der Waals surface area contributed by atoms with Gasteiger partial charge >= 0.3 is 0 Å². The van der Waals surface area contributed by atoms with E-state index in [-0.39, 0.29) is 17.8 Å². The van der Waals surface area contributed by atoms with E-state index >= 15 is 0 Å². The Balaban J connectivity index is 1.47. The van der Waals surface area contributed by atoms with Crippen molar-refractivity contribution in [3.63, 3.8) is 0 Å². The molecule has 4 rings (SSSR count). The summed E-state index contributed by atoms with van der Waals surface area (Å²) in [6.07, 6.45) is 2.73. The summed E-state index contributed by atoms with van der Waals surface area (Å²) in [6.45, 7) is 6.05. The molecule has 0 bridgehead atoms. The summed E-state index contributed by atoms with van der Waals surface area (Å²) in [5.41, 5.74) is 2.63. The number of piperidine rings is 1. The summed E-state index contributed by atoms with van der Waals surface area (Å²) >= 11 is 0. The van der Waals surface area contributed by atoms with Gasteiger partial charge in [-0.2, -0.15) is 0 Å². The van der Waals surface area contributed by atoms with E-state index in [4.69, 9.17) is 4.42 Å². The van der Waals surface area contributed by atoms with Gasteiger partial charge in [0.25, 0.3) is 5.91 Å². The maximum absolute atomic E-state index is 13.5. The molecule has 2 aromatic rings. The van der Waals surface area contributed by atoms with Crippen LogP contribution in [-0.2, 0) is 19.5 Å². The molecule has 150 valence electrons. The molecule has 1 aromatic carbocycles. The molecule has 2 aliphatic heterocycles. The molecule has 0 aliphatic carbocycles. The number of likely N-dealkylation sites (tertiary alicyclic amines) is 1. The molecular formula is C22H28FN3O2. The fourth-order valence-corrected chi connectivity index (χ4v) is 4.32. The first-order chi connectivity index (χ1) is 13.5. The Morgan fingerprint density at radius 3 is 2.82 bits per heavy atom. The van der Waals surface area contributed by atoms with Gasteiger partial charge in [0.05, 0.1) is 5.56 Å². The molecule has 0 atom stereocenters. The molecule has 2 aliphatic rings. The van der Waals surface area contributed by atoms with E-state index in [9.17, 15) is 9.18 Å². The maximum atomic E-state index is 13.5. The Morgan fingerprint density at radius 1 is 1.29 bits per heavy atom. The van der Waals surface area contributed by atoms with Gasteiger partial charge in [0.15, 0.2) is 0 Å². The Labute approximate surface area is 165 Å². The van der Waals surface area contributed by atoms with Gasteiger partial charge in [-0.3, -0.25) is 9.69 Å². The summed E-state index contributed by atoms with van der Waals surface area (Å²) < 4.78 is 19.4. The van der Waals surface area contributed by atoms with Crippen molar-refractivity contribution >= 4 is 5.91 Å². The number of fused-ring (bicyclic) bond motifs is 1. The van der Waals surface area contributed by atoms with Crippen molar-refractivity contribution in [2.75, 3.05) is 26.7 Å². The highest BCUT2D eigenvalue weighted by Gasteiger charge is 2.29. The van der Waals surface area contributed by atoms with E-state index < -0.39 is 0 Å². The quantitative estimate of drug-likeness (QED) is 0.879. The van der Waals surface area contributed by atoms with E-state index in [2.05, 4.69) is 22.2 Å². The van der Waals surface area contributed by atoms with Gasteiger partial charge < -0.3 is 14.6 Å². The highest BCUT2D eigenvalue weighted by molar-refractivity contribution is 5.97. The summed E-state index contributed by atoms with van der Waals surface area (Å²) in [5, 5.41) is 3.21. The van der Waals surface area contributed by atoms with E-state index in [1.54, 1.807) is 12.1 Å². The highest BCUT2D eigenvalue weighted by Crippen LogP contribution is 2.29. The number of carbonyl (C=O) groups is 1. The Hall–Kier alpha value is -2.18. The number of hydrogen-bond donors (Lipinski definition) is 1. The normalized spacial score (nSPS) is 18.8. The second-order valence-corrected chi connectivity index (χ2v) is 8.08. The number of amides is 1. The molecule has 1 N–H and O–H groups in total. The molecule has 1 saturated heterocycles. The smallest absolute Gasteiger partial charge is 0.255 e. The summed E-state index contributed by atoms with van der Waals surface area (Å²) in [4.78, 5) is 17.5. The fourth-order valence-electron chi connectivity index (χ4n) is 4.32. The van der Waals surface area contributed by atoms with Crippen LogP contribution in [0.5, 0.6) is 0 Å². The number of nitrogens with one attached hydrogen (secondary N) is 1. The van der Waals surface area contributed by atoms with Gasteiger partial charge in [-0.15, -0.1) is 0 Å². The first-order valence-electron chi connectivity index (χ1n) is 10.1. The molecule has 5 nitrogen and oxygen atoms in total. The van der Waals surface area contributed by atoms with Crippen LogP contribution in [0.1, 0.15) is 45.8 Å². The van der Waals surface area contributed by atoms with Crippen molar-refractivity contribution in [1.82, 2.24) is 15.1 Å². The van der Waals surface area contributed by atoms with Gasteiger partial charge in [-0.05, 0) is 57.6 Å². The molecule has 0 radical (unpaired) electrons. The average molecular weight is 385 g/mol. The standard InChI is InChI=1S/C22H28FN3O2/c1-15-21(22(27)24-18-6-9-25(2)10-7-18)19-14-26(11-8-20(19)28-15)13-16-4-3-5-17(23)12-16/h3-5,12,18H,6-11,13-14H2,1-2H3,(H,24,27). The van der Waals surface area contributed by atoms with Crippen LogP contribution in [0.2, 0.25) is 0 Å². The topological polar surface area (TPSA) is 48.7 Å². The zero-order valence-electron chi connectivity index (χ0n) is 16.6. The summed E-state index contributed by atoms with van der Waals surface area (Å²) in [7, 11) is 2.11. The van der Waals surface area contributed by atoms with E-state index in [1.165, 1.54) is 6.07 Å². The Kier molecular flexibility index (Phi) is 5.51. The Morgan fingerprint density at radius 2 is 2.07 bits per heavy atom. The van der Waals surface area contributed by atoms with Crippen LogP contribution < -0.4 is 5.32 Å². The van der Waals surface area contributed by atoms with Crippen LogP contribution in [0.3, 0.4) is 0 Å². The van der Waals surface area contributed by atoms with Gasteiger partial charge in [-0.25, -0.2) is 4.39 Å². The Bertz CT molecular complexity index is 855. The first kappa shape index (κ1) is 19.2. The molecule has 6 heteroatoms. The minimum atomic E-state index is -0.215. The number of furan rings is 1. The second kappa shape index (κ2) is 8.05. The molecule has 0 unspecified atom stereocenters. The zero-order valence-corrected chi connectivity index (χ0v) is 16.6. The molecule has 1 aromatic heterocycles. The minimum absolute atomic E-state index is 0.0235. The second-order valence-electron chi connectivity index (χ2n) is 8.08. The van der Waals surface area contributed by atoms with E-state index in [1.807, 2.05) is 13.0 Å². The van der Waals surface area contributed by atoms with Crippen molar-refractivity contribution in [2.24, 2.45) is 0 Å². The fraction of sp³-hybridized carbons (Fsp3) is 0.500. The highest BCUT2D eigenvalue weighted by atomic mass is 19.1. The van der Waals surface area contributed by atoms with Gasteiger partial charge in [0.2, 0.25) is 0 Å². The summed E-state index contributed by atoms with van der Waals surface area (Å²) in [6, 6.07) is 6.93. The van der Waals surface area contributed by atoms with Crippen LogP contribution in [0.15, 0.2) is 28.7 Å². The van der Waals surface area contributed by atoms with Gasteiger partial charge in [0.1, 0.15) is 17.3 Å². The number of benzene rings is 1. The zero-order chi connectivity index (χ0) is 19.7. The van der Waals surface area contributed by atoms with Crippen LogP contribution in [0.25, 0.3) is 0 Å². The number of carbonyl (C=O) groups excluding carboxylic acids is 1. The molecule has 1 fully saturated rings. The van der Waals surface area contributed by atoms with Crippen LogP contribution in [0, 0.1) is 12.7 Å². The number of rotatable bonds is 4. The predicted octanol–water partition coefficient (Wildman–Crippen LogP) is 3.11. The molecule has 3 heterocycles. The van der Waals surface area contributed by atoms with E-state index in [0.717, 1.165) is 55.8 Å². The number of hydrogen-bond acceptors (Lipinski definition) is 4. The van der Waals surface area contributed by atoms with Crippen molar-refractivity contribution < 1.29 is 13.6 Å². The monoisotopic (exact) mass is 385 g/mol. The lowest BCUT2D eigenvalue weighted by molar-refractivity contribution is 0.0913. The minimum Gasteiger partial charge on any atom is -0.465 e. The molecule has 0 spiro atoms. The van der Waals surface area contributed by atoms with Crippen molar-refractivity contribution in [2.45, 2.75) is 45.3 Å². The van der Waals surface area contributed by atoms with Crippen LogP contribution in [0.4, 0.5) is 4.39 Å². The first-order valence-corrected chi connectivity index (χ1v) is 10.1. The predicted molar refractivity (Wildman–Crippen MR) is 106 cm³/mol. The number of aryl methyl sites for hydroxylation is 1. The lowest BCUT2D eigenvalue weighted by Crippen LogP contribution is -2.43. The lowest BCUT2D eigenvalue weighted by atomic mass is 10.00. The molecule has 1 amide bonds. The lowest BCUT2D eigenvalue weighted by Gasteiger charge is -2.30. The SMILES string of the molecule is Cc1oc2c(c1C(=O)NC1CCN(C)CC1)CN(Cc1cccc(F)c1)CC2. The summed E-state index contributed by atoms with van der Waals surface area (Å²) in [5.74, 6) is 1.38. The maximum Gasteiger partial charge on any atom is 0.255 e. The van der Waals surface area contributed by atoms with Crippen LogP contribution >= 0.6 is 0 Å². The van der Waals surface area contributed by atoms with E-state index in [0.29, 0.717) is 24.4 Å². The third-order valence-corrected chi connectivity index (χ3v) is 5.88. The van der Waals surface area contributed by atoms with Gasteiger partial charge in [0, 0.05) is 37.7 Å². The van der Waals surface area contributed by atoms with Crippen molar-refractivity contribution in [1.29, 1.82) is 0 Å². The van der Waals surface area contributed by atoms with Crippen molar-refractivity contribution in [3.05, 3.63) is 58.3 Å². The molecular weight excluding hydrogens is 357 g/mol. The number of halogens is 1. The molecule has 0 saturated carbocycles. The van der Waals surface area contributed by atoms with Crippen LogP contribution in [-0.4, -0.2) is 48.4 Å². The number of nitrogens with zero attached hydrogens (tertiary/aromatic N) is 2. The third kappa shape index (κ3) is 4.13. The largest absolute Gasteiger partial charge is 0.465 e. The third-order valence-electron chi connectivity index (χ3n) is 5.88.